The van der Waals surface area contributed by atoms with E-state index < -0.39 is 11.3 Å². The fourth-order valence-corrected chi connectivity index (χ4v) is 9.58. The van der Waals surface area contributed by atoms with Crippen molar-refractivity contribution >= 4 is 0 Å². The number of fused-ring (bicyclic) bond motifs is 1. The molecule has 5 heterocycles. The van der Waals surface area contributed by atoms with Crippen LogP contribution in [-0.2, 0) is 24.2 Å². The van der Waals surface area contributed by atoms with Gasteiger partial charge in [-0.25, -0.2) is 10.6 Å². The van der Waals surface area contributed by atoms with Gasteiger partial charge in [-0.1, -0.05) is 48.5 Å². The van der Waals surface area contributed by atoms with Crippen LogP contribution in [0.5, 0.6) is 11.5 Å². The van der Waals surface area contributed by atoms with Gasteiger partial charge in [0.15, 0.2) is 5.92 Å². The lowest BCUT2D eigenvalue weighted by Crippen LogP contribution is -2.83. The third-order valence-electron chi connectivity index (χ3n) is 10.7. The highest BCUT2D eigenvalue weighted by atomic mass is 16.5. The number of nitrogens with zero attached hydrogens (tertiary/aromatic N) is 4. The van der Waals surface area contributed by atoms with E-state index in [1.807, 2.05) is 0 Å². The molecule has 2 N–H and O–H groups in total. The molecule has 0 fully saturated rings. The lowest BCUT2D eigenvalue weighted by Gasteiger charge is -2.45. The second-order valence-corrected chi connectivity index (χ2v) is 12.2. The van der Waals surface area contributed by atoms with Crippen LogP contribution in [0.15, 0.2) is 67.0 Å². The summed E-state index contributed by atoms with van der Waals surface area (Å²) >= 11 is 0. The van der Waals surface area contributed by atoms with E-state index in [-0.39, 0.29) is 5.92 Å². The summed E-state index contributed by atoms with van der Waals surface area (Å²) in [6, 6.07) is 22.3. The van der Waals surface area contributed by atoms with Crippen LogP contribution >= 0.6 is 0 Å². The van der Waals surface area contributed by atoms with Gasteiger partial charge in [0.25, 0.3) is 0 Å². The van der Waals surface area contributed by atoms with E-state index in [0.29, 0.717) is 13.5 Å². The van der Waals surface area contributed by atoms with E-state index in [9.17, 15) is 0 Å². The molecule has 0 bridgehead atoms. The smallest absolute Gasteiger partial charge is 0.477 e. The van der Waals surface area contributed by atoms with Crippen molar-refractivity contribution < 1.29 is 18.8 Å². The Morgan fingerprint density at radius 2 is 1.15 bits per heavy atom. The SMILES string of the molecule is c1cc2c3c(c1)OCNC31c3c(ccc4c3C3c5c-4ccc4c5C5(NCOc6cccc(c65)C4)[n+]4ncn[n+]1c43)C2. The Balaban J connectivity index is 1.34. The quantitative estimate of drug-likeness (QED) is 0.291. The van der Waals surface area contributed by atoms with Gasteiger partial charge in [-0.15, -0.1) is 0 Å². The zero-order chi connectivity index (χ0) is 26.2. The Morgan fingerprint density at radius 3 is 1.68 bits per heavy atom. The minimum absolute atomic E-state index is 0.0408. The Labute approximate surface area is 234 Å². The first kappa shape index (κ1) is 20.3. The third kappa shape index (κ3) is 1.86. The summed E-state index contributed by atoms with van der Waals surface area (Å²) in [4.78, 5) is 0. The summed E-state index contributed by atoms with van der Waals surface area (Å²) in [5.41, 5.74) is 14.3. The molecule has 0 saturated carbocycles. The van der Waals surface area contributed by atoms with Crippen molar-refractivity contribution in [3.05, 3.63) is 128 Å². The molecule has 8 heteroatoms. The average Bonchev–Trinajstić information content (AvgIpc) is 3.35. The van der Waals surface area contributed by atoms with Gasteiger partial charge in [-0.2, -0.15) is 0 Å². The van der Waals surface area contributed by atoms with Crippen LogP contribution < -0.4 is 29.5 Å². The van der Waals surface area contributed by atoms with Crippen LogP contribution in [0, 0.1) is 0 Å². The van der Waals surface area contributed by atoms with Crippen LogP contribution in [-0.4, -0.2) is 23.7 Å². The molecule has 0 radical (unpaired) electrons. The zero-order valence-corrected chi connectivity index (χ0v) is 21.9. The van der Waals surface area contributed by atoms with E-state index in [4.69, 9.17) is 19.7 Å². The van der Waals surface area contributed by atoms with Crippen LogP contribution in [0.25, 0.3) is 11.1 Å². The van der Waals surface area contributed by atoms with Crippen molar-refractivity contribution in [2.24, 2.45) is 0 Å². The van der Waals surface area contributed by atoms with E-state index in [1.54, 1.807) is 6.33 Å². The minimum Gasteiger partial charge on any atom is -0.477 e. The number of benzene rings is 4. The van der Waals surface area contributed by atoms with Crippen LogP contribution in [0.1, 0.15) is 67.4 Å². The molecule has 2 unspecified atom stereocenters. The maximum Gasteiger partial charge on any atom is 0.485 e. The maximum atomic E-state index is 6.24. The molecule has 2 spiro atoms. The lowest BCUT2D eigenvalue weighted by atomic mass is 9.67. The van der Waals surface area contributed by atoms with E-state index in [2.05, 4.69) is 80.7 Å². The topological polar surface area (TPSA) is 76.1 Å². The molecule has 5 aromatic rings. The van der Waals surface area contributed by atoms with Crippen molar-refractivity contribution in [3.8, 4) is 22.6 Å². The number of aromatic nitrogens is 4. The van der Waals surface area contributed by atoms with Crippen LogP contribution in [0.2, 0.25) is 0 Å². The Bertz CT molecular complexity index is 2010. The molecule has 0 saturated heterocycles. The maximum absolute atomic E-state index is 6.24. The highest BCUT2D eigenvalue weighted by Gasteiger charge is 2.73. The fourth-order valence-electron chi connectivity index (χ4n) is 9.58. The largest absolute Gasteiger partial charge is 0.485 e. The molecule has 3 aliphatic carbocycles. The number of nitrogens with one attached hydrogen (secondary N) is 2. The number of rotatable bonds is 0. The average molecular weight is 535 g/mol. The lowest BCUT2D eigenvalue weighted by molar-refractivity contribution is -0.938. The van der Waals surface area contributed by atoms with Crippen molar-refractivity contribution in [3.63, 3.8) is 0 Å². The first-order valence-corrected chi connectivity index (χ1v) is 14.3. The summed E-state index contributed by atoms with van der Waals surface area (Å²) in [5, 5.41) is 18.0. The predicted molar refractivity (Wildman–Crippen MR) is 143 cm³/mol. The van der Waals surface area contributed by atoms with Crippen LogP contribution in [0.4, 0.5) is 0 Å². The van der Waals surface area contributed by atoms with E-state index in [1.165, 1.54) is 66.8 Å². The molecular weight excluding hydrogens is 512 g/mol. The number of hydrogen-bond donors (Lipinski definition) is 2. The Hall–Kier alpha value is -4.66. The Morgan fingerprint density at radius 1 is 0.634 bits per heavy atom. The normalized spacial score (nSPS) is 26.3. The number of hydrogen-bond acceptors (Lipinski definition) is 6. The van der Waals surface area contributed by atoms with Gasteiger partial charge in [0, 0.05) is 19.6 Å². The minimum atomic E-state index is -0.694. The van der Waals surface area contributed by atoms with Gasteiger partial charge in [-0.3, -0.25) is 0 Å². The molecular formula is C33H22N6O2+2. The first-order chi connectivity index (χ1) is 20.3. The van der Waals surface area contributed by atoms with Gasteiger partial charge in [0.05, 0.1) is 22.3 Å². The second kappa shape index (κ2) is 6.15. The van der Waals surface area contributed by atoms with Crippen molar-refractivity contribution in [2.75, 3.05) is 13.5 Å². The molecule has 12 rings (SSSR count). The van der Waals surface area contributed by atoms with Crippen molar-refractivity contribution in [1.29, 1.82) is 0 Å². The molecule has 8 nitrogen and oxygen atoms in total. The summed E-state index contributed by atoms with van der Waals surface area (Å²) in [7, 11) is 0. The number of ether oxygens (including phenoxy) is 2. The molecule has 4 aromatic carbocycles. The molecule has 0 amide bonds. The molecule has 4 aliphatic heterocycles. The molecule has 2 atom stereocenters. The van der Waals surface area contributed by atoms with E-state index >= 15 is 0 Å². The van der Waals surface area contributed by atoms with Gasteiger partial charge in [0.2, 0.25) is 6.33 Å². The van der Waals surface area contributed by atoms with Crippen LogP contribution in [0.3, 0.4) is 0 Å². The molecule has 41 heavy (non-hydrogen) atoms. The fraction of sp³-hybridized carbons (Fsp3) is 0.212. The monoisotopic (exact) mass is 534 g/mol. The highest BCUT2D eigenvalue weighted by Crippen LogP contribution is 2.62. The van der Waals surface area contributed by atoms with Gasteiger partial charge >= 0.3 is 17.2 Å². The van der Waals surface area contributed by atoms with Gasteiger partial charge < -0.3 is 9.47 Å². The van der Waals surface area contributed by atoms with Crippen molar-refractivity contribution in [1.82, 2.24) is 20.8 Å². The third-order valence-corrected chi connectivity index (χ3v) is 10.7. The molecule has 194 valence electrons. The van der Waals surface area contributed by atoms with Gasteiger partial charge in [-0.05, 0) is 69.5 Å². The second-order valence-electron chi connectivity index (χ2n) is 12.2. The highest BCUT2D eigenvalue weighted by molar-refractivity contribution is 5.87. The predicted octanol–water partition coefficient (Wildman–Crippen LogP) is 2.03. The summed E-state index contributed by atoms with van der Waals surface area (Å²) in [6.07, 6.45) is 3.48. The Kier molecular flexibility index (Phi) is 3.04. The standard InChI is InChI=1S/C33H22N6O2/c1-3-16-11-18-7-9-20-21-10-8-19-12-17-4-2-6-23-28(17)33(35-15-41-23)30(19)25(21)26-24(20)29(18)32(27(16)22(5-1)40-14-34-32)38-31(26)39(33)37-13-36-38/h1-10,13,26,34-35H,11-12,14-15H2/q+2. The molecule has 7 aliphatic rings. The summed E-state index contributed by atoms with van der Waals surface area (Å²) in [5.74, 6) is 2.97. The van der Waals surface area contributed by atoms with Crippen molar-refractivity contribution in [2.45, 2.75) is 30.1 Å². The van der Waals surface area contributed by atoms with Gasteiger partial charge in [0.1, 0.15) is 25.0 Å². The summed E-state index contributed by atoms with van der Waals surface area (Å²) in [6.45, 7) is 0.792. The first-order valence-electron chi connectivity index (χ1n) is 14.3. The molecule has 1 aromatic heterocycles. The van der Waals surface area contributed by atoms with E-state index in [0.717, 1.165) is 30.2 Å². The summed E-state index contributed by atoms with van der Waals surface area (Å²) < 4.78 is 17.0. The zero-order valence-electron chi connectivity index (χ0n) is 21.9.